The second-order valence-electron chi connectivity index (χ2n) is 2.65. The monoisotopic (exact) mass is 348 g/mol. The Kier molecular flexibility index (Phi) is 3.44. The van der Waals surface area contributed by atoms with Crippen LogP contribution in [0.15, 0.2) is 6.20 Å². The molecule has 1 aromatic rings. The van der Waals surface area contributed by atoms with Crippen LogP contribution in [0.1, 0.15) is 11.6 Å². The molecule has 84 valence electrons. The van der Waals surface area contributed by atoms with Crippen molar-refractivity contribution in [3.05, 3.63) is 17.8 Å². The van der Waals surface area contributed by atoms with Gasteiger partial charge in [0, 0.05) is 28.5 Å². The van der Waals surface area contributed by atoms with Gasteiger partial charge in [-0.3, -0.25) is 0 Å². The van der Waals surface area contributed by atoms with E-state index in [0.29, 0.717) is 0 Å². The van der Waals surface area contributed by atoms with Gasteiger partial charge in [0.1, 0.15) is 0 Å². The smallest absolute Gasteiger partial charge is 0.307 e. The lowest BCUT2D eigenvalue weighted by molar-refractivity contribution is -0.144. The summed E-state index contributed by atoms with van der Waals surface area (Å²) in [4.78, 5) is 3.38. The zero-order valence-corrected chi connectivity index (χ0v) is 10.4. The van der Waals surface area contributed by atoms with Crippen molar-refractivity contribution in [2.24, 2.45) is 0 Å². The van der Waals surface area contributed by atoms with Gasteiger partial charge in [-0.2, -0.15) is 13.2 Å². The van der Waals surface area contributed by atoms with E-state index in [4.69, 9.17) is 0 Å². The highest BCUT2D eigenvalue weighted by atomic mass is 79.9. The number of rotatable bonds is 0. The van der Waals surface area contributed by atoms with Crippen LogP contribution in [-0.4, -0.2) is 18.7 Å². The molecule has 2 rings (SSSR count). The van der Waals surface area contributed by atoms with E-state index >= 15 is 0 Å². The van der Waals surface area contributed by atoms with Crippen LogP contribution in [0.4, 0.5) is 13.2 Å². The summed E-state index contributed by atoms with van der Waals surface area (Å²) in [5.74, 6) is -0.864. The Morgan fingerprint density at radius 1 is 1.33 bits per heavy atom. The SMILES string of the molecule is Br.FC(F)(F)c1nc2n(n1)C=CN(Br)C2. The summed E-state index contributed by atoms with van der Waals surface area (Å²) < 4.78 is 39.2. The fraction of sp³-hybridized carbons (Fsp3) is 0.333. The lowest BCUT2D eigenvalue weighted by Crippen LogP contribution is -2.13. The average molecular weight is 350 g/mol. The maximum atomic E-state index is 12.2. The predicted molar refractivity (Wildman–Crippen MR) is 55.1 cm³/mol. The Hall–Kier alpha value is -0.570. The summed E-state index contributed by atoms with van der Waals surface area (Å²) in [6, 6.07) is 0. The third-order valence-corrected chi connectivity index (χ3v) is 2.10. The predicted octanol–water partition coefficient (Wildman–Crippen LogP) is 2.43. The quantitative estimate of drug-likeness (QED) is 0.674. The summed E-state index contributed by atoms with van der Waals surface area (Å²) in [6.45, 7) is 0.250. The molecule has 0 aliphatic carbocycles. The third-order valence-electron chi connectivity index (χ3n) is 1.62. The maximum Gasteiger partial charge on any atom is 0.453 e. The first-order chi connectivity index (χ1) is 6.47. The van der Waals surface area contributed by atoms with Gasteiger partial charge in [0.2, 0.25) is 0 Å². The lowest BCUT2D eigenvalue weighted by atomic mass is 10.5. The molecule has 0 radical (unpaired) electrons. The van der Waals surface area contributed by atoms with Crippen LogP contribution in [0, 0.1) is 0 Å². The highest BCUT2D eigenvalue weighted by Crippen LogP contribution is 2.27. The van der Waals surface area contributed by atoms with E-state index in [0.717, 1.165) is 4.68 Å². The number of alkyl halides is 3. The molecule has 0 saturated carbocycles. The average Bonchev–Trinajstić information content (AvgIpc) is 2.45. The number of halogens is 5. The molecule has 0 unspecified atom stereocenters. The van der Waals surface area contributed by atoms with Gasteiger partial charge in [-0.25, -0.2) is 9.67 Å². The van der Waals surface area contributed by atoms with Crippen LogP contribution in [-0.2, 0) is 12.7 Å². The highest BCUT2D eigenvalue weighted by molar-refractivity contribution is 9.07. The van der Waals surface area contributed by atoms with Crippen molar-refractivity contribution in [3.8, 4) is 0 Å². The van der Waals surface area contributed by atoms with Crippen molar-refractivity contribution in [2.75, 3.05) is 0 Å². The van der Waals surface area contributed by atoms with Gasteiger partial charge >= 0.3 is 6.18 Å². The van der Waals surface area contributed by atoms with Crippen molar-refractivity contribution < 1.29 is 13.2 Å². The standard InChI is InChI=1S/C6H4BrF3N4.BrH/c7-13-1-2-14-4(3-13)11-5(12-14)6(8,9)10;/h1-2H,3H2;1H. The summed E-state index contributed by atoms with van der Waals surface area (Å²) in [6.07, 6.45) is -1.53. The van der Waals surface area contributed by atoms with Crippen LogP contribution in [0.25, 0.3) is 6.20 Å². The van der Waals surface area contributed by atoms with E-state index in [2.05, 4.69) is 26.2 Å². The number of nitrogens with zero attached hydrogens (tertiary/aromatic N) is 4. The molecular formula is C6H5Br2F3N4. The van der Waals surface area contributed by atoms with Crippen LogP contribution in [0.3, 0.4) is 0 Å². The lowest BCUT2D eigenvalue weighted by Gasteiger charge is -2.14. The van der Waals surface area contributed by atoms with E-state index in [1.807, 2.05) is 0 Å². The molecule has 2 heterocycles. The Morgan fingerprint density at radius 3 is 2.60 bits per heavy atom. The molecule has 0 atom stereocenters. The second kappa shape index (κ2) is 4.12. The summed E-state index contributed by atoms with van der Waals surface area (Å²) >= 11 is 3.10. The summed E-state index contributed by atoms with van der Waals surface area (Å²) in [5.41, 5.74) is 0. The Balaban J connectivity index is 0.00000112. The minimum Gasteiger partial charge on any atom is -0.307 e. The molecule has 0 saturated heterocycles. The largest absolute Gasteiger partial charge is 0.453 e. The Labute approximate surface area is 102 Å². The van der Waals surface area contributed by atoms with Crippen molar-refractivity contribution in [1.82, 2.24) is 18.7 Å². The van der Waals surface area contributed by atoms with Crippen molar-refractivity contribution in [3.63, 3.8) is 0 Å². The van der Waals surface area contributed by atoms with Gasteiger partial charge in [0.15, 0.2) is 5.82 Å². The zero-order valence-electron chi connectivity index (χ0n) is 7.07. The molecule has 0 bridgehead atoms. The molecule has 0 aromatic carbocycles. The van der Waals surface area contributed by atoms with Gasteiger partial charge in [0.25, 0.3) is 5.82 Å². The maximum absolute atomic E-state index is 12.2. The van der Waals surface area contributed by atoms with E-state index < -0.39 is 12.0 Å². The molecule has 9 heteroatoms. The Morgan fingerprint density at radius 2 is 2.00 bits per heavy atom. The Bertz CT molecular complexity index is 386. The van der Waals surface area contributed by atoms with Gasteiger partial charge < -0.3 is 3.93 Å². The molecule has 15 heavy (non-hydrogen) atoms. The van der Waals surface area contributed by atoms with Crippen LogP contribution >= 0.6 is 33.1 Å². The van der Waals surface area contributed by atoms with Gasteiger partial charge in [-0.1, -0.05) is 0 Å². The highest BCUT2D eigenvalue weighted by Gasteiger charge is 2.37. The molecule has 4 nitrogen and oxygen atoms in total. The number of aromatic nitrogens is 3. The van der Waals surface area contributed by atoms with Crippen LogP contribution in [0.5, 0.6) is 0 Å². The topological polar surface area (TPSA) is 34.0 Å². The van der Waals surface area contributed by atoms with Crippen molar-refractivity contribution >= 4 is 39.3 Å². The third kappa shape index (κ3) is 2.51. The fourth-order valence-electron chi connectivity index (χ4n) is 1.03. The zero-order chi connectivity index (χ0) is 10.3. The van der Waals surface area contributed by atoms with E-state index in [9.17, 15) is 13.2 Å². The van der Waals surface area contributed by atoms with E-state index in [1.165, 1.54) is 10.1 Å². The van der Waals surface area contributed by atoms with E-state index in [-0.39, 0.29) is 29.4 Å². The minimum absolute atomic E-state index is 0. The molecule has 1 aliphatic heterocycles. The number of hydrogen-bond donors (Lipinski definition) is 0. The normalized spacial score (nSPS) is 14.8. The number of hydrogen-bond acceptors (Lipinski definition) is 3. The van der Waals surface area contributed by atoms with Gasteiger partial charge in [-0.05, 0) is 0 Å². The van der Waals surface area contributed by atoms with Crippen LogP contribution < -0.4 is 0 Å². The minimum atomic E-state index is -4.49. The first kappa shape index (κ1) is 12.5. The van der Waals surface area contributed by atoms with Crippen molar-refractivity contribution in [1.29, 1.82) is 0 Å². The van der Waals surface area contributed by atoms with Gasteiger partial charge in [0.05, 0.1) is 6.54 Å². The summed E-state index contributed by atoms with van der Waals surface area (Å²) in [7, 11) is 0. The van der Waals surface area contributed by atoms with Crippen molar-refractivity contribution in [2.45, 2.75) is 12.7 Å². The van der Waals surface area contributed by atoms with Gasteiger partial charge in [-0.15, -0.1) is 22.1 Å². The van der Waals surface area contributed by atoms with E-state index in [1.54, 1.807) is 6.20 Å². The first-order valence-corrected chi connectivity index (χ1v) is 4.31. The molecule has 0 spiro atoms. The molecule has 0 fully saturated rings. The molecular weight excluding hydrogens is 345 g/mol. The molecule has 0 N–H and O–H groups in total. The first-order valence-electron chi connectivity index (χ1n) is 3.60. The fourth-order valence-corrected chi connectivity index (χ4v) is 1.36. The number of fused-ring (bicyclic) bond motifs is 1. The molecule has 1 aliphatic rings. The second-order valence-corrected chi connectivity index (χ2v) is 3.56. The summed E-state index contributed by atoms with van der Waals surface area (Å²) in [5, 5.41) is 3.30. The molecule has 1 aromatic heterocycles. The van der Waals surface area contributed by atoms with Crippen LogP contribution in [0.2, 0.25) is 0 Å². The molecule has 0 amide bonds.